The molecule has 0 heterocycles. The van der Waals surface area contributed by atoms with Crippen molar-refractivity contribution in [1.29, 1.82) is 0 Å². The van der Waals surface area contributed by atoms with Crippen LogP contribution in [0.2, 0.25) is 0 Å². The Labute approximate surface area is 162 Å². The van der Waals surface area contributed by atoms with Crippen LogP contribution in [-0.2, 0) is 25.6 Å². The van der Waals surface area contributed by atoms with Crippen LogP contribution >= 0.6 is 0 Å². The molecule has 0 aliphatic heterocycles. The molecule has 10 nitrogen and oxygen atoms in total. The van der Waals surface area contributed by atoms with E-state index < -0.39 is 42.3 Å². The Morgan fingerprint density at radius 1 is 1.04 bits per heavy atom. The molecule has 0 bridgehead atoms. The number of carboxylic acid groups (broad SMARTS) is 1. The molecular weight excluding hydrogens is 368 g/mol. The Kier molecular flexibility index (Phi) is 8.89. The Bertz CT molecular complexity index is 705. The third-order valence-corrected chi connectivity index (χ3v) is 3.89. The normalized spacial score (nSPS) is 12.7. The molecule has 0 aromatic heterocycles. The van der Waals surface area contributed by atoms with Gasteiger partial charge in [0.05, 0.1) is 13.1 Å². The van der Waals surface area contributed by atoms with Gasteiger partial charge >= 0.3 is 5.97 Å². The van der Waals surface area contributed by atoms with E-state index in [9.17, 15) is 24.3 Å². The lowest BCUT2D eigenvalue weighted by atomic mass is 10.0. The Balaban J connectivity index is 2.72. The number of nitrogens with two attached hydrogens (primary N) is 1. The minimum absolute atomic E-state index is 0.0607. The second kappa shape index (κ2) is 10.9. The van der Waals surface area contributed by atoms with E-state index in [2.05, 4.69) is 16.0 Å². The number of phenols is 1. The number of nitrogens with one attached hydrogen (secondary N) is 3. The Morgan fingerprint density at radius 2 is 1.64 bits per heavy atom. The predicted octanol–water partition coefficient (Wildman–Crippen LogP) is -1.28. The molecule has 2 unspecified atom stereocenters. The minimum atomic E-state index is -1.17. The van der Waals surface area contributed by atoms with E-state index in [1.807, 2.05) is 0 Å². The van der Waals surface area contributed by atoms with Gasteiger partial charge in [-0.25, -0.2) is 4.79 Å². The monoisotopic (exact) mass is 394 g/mol. The number of rotatable bonds is 10. The lowest BCUT2D eigenvalue weighted by Crippen LogP contribution is -2.53. The number of aliphatic carboxylic acids is 1. The number of amides is 3. The lowest BCUT2D eigenvalue weighted by Gasteiger charge is -2.20. The van der Waals surface area contributed by atoms with Gasteiger partial charge < -0.3 is 31.9 Å². The molecule has 0 saturated heterocycles. The van der Waals surface area contributed by atoms with Crippen LogP contribution in [0.5, 0.6) is 5.75 Å². The predicted molar refractivity (Wildman–Crippen MR) is 100 cm³/mol. The first kappa shape index (κ1) is 22.9. The van der Waals surface area contributed by atoms with Crippen molar-refractivity contribution >= 4 is 23.7 Å². The van der Waals surface area contributed by atoms with Crippen LogP contribution in [0.15, 0.2) is 24.3 Å². The zero-order chi connectivity index (χ0) is 21.3. The average molecular weight is 394 g/mol. The van der Waals surface area contributed by atoms with Gasteiger partial charge in [0.1, 0.15) is 17.8 Å². The van der Waals surface area contributed by atoms with Crippen LogP contribution in [0.1, 0.15) is 19.4 Å². The molecule has 0 aliphatic carbocycles. The smallest absolute Gasteiger partial charge is 0.326 e. The van der Waals surface area contributed by atoms with E-state index in [-0.39, 0.29) is 24.6 Å². The van der Waals surface area contributed by atoms with Crippen LogP contribution < -0.4 is 21.7 Å². The van der Waals surface area contributed by atoms with Crippen molar-refractivity contribution in [3.05, 3.63) is 29.8 Å². The van der Waals surface area contributed by atoms with E-state index >= 15 is 0 Å². The summed E-state index contributed by atoms with van der Waals surface area (Å²) < 4.78 is 0. The zero-order valence-electron chi connectivity index (χ0n) is 15.8. The van der Waals surface area contributed by atoms with E-state index in [0.29, 0.717) is 5.56 Å². The van der Waals surface area contributed by atoms with Crippen LogP contribution in [0.3, 0.4) is 0 Å². The largest absolute Gasteiger partial charge is 0.508 e. The molecule has 10 heteroatoms. The van der Waals surface area contributed by atoms with Gasteiger partial charge in [0.2, 0.25) is 17.7 Å². The van der Waals surface area contributed by atoms with Gasteiger partial charge in [0, 0.05) is 6.42 Å². The summed E-state index contributed by atoms with van der Waals surface area (Å²) in [7, 11) is 0. The summed E-state index contributed by atoms with van der Waals surface area (Å²) in [4.78, 5) is 47.1. The van der Waals surface area contributed by atoms with Crippen molar-refractivity contribution in [2.75, 3.05) is 13.1 Å². The fourth-order valence-electron chi connectivity index (χ4n) is 2.36. The molecule has 0 fully saturated rings. The Hall–Kier alpha value is -3.14. The van der Waals surface area contributed by atoms with Crippen molar-refractivity contribution in [1.82, 2.24) is 16.0 Å². The molecule has 3 amide bonds. The molecule has 28 heavy (non-hydrogen) atoms. The number of carboxylic acids is 1. The van der Waals surface area contributed by atoms with Gasteiger partial charge in [-0.3, -0.25) is 14.4 Å². The number of aromatic hydroxyl groups is 1. The molecule has 0 radical (unpaired) electrons. The number of hydrogen-bond donors (Lipinski definition) is 6. The van der Waals surface area contributed by atoms with Crippen molar-refractivity contribution < 1.29 is 29.4 Å². The topological polar surface area (TPSA) is 171 Å². The first-order valence-corrected chi connectivity index (χ1v) is 8.71. The lowest BCUT2D eigenvalue weighted by molar-refractivity contribution is -0.143. The van der Waals surface area contributed by atoms with Crippen LogP contribution in [-0.4, -0.2) is 59.1 Å². The van der Waals surface area contributed by atoms with Crippen LogP contribution in [0.25, 0.3) is 0 Å². The second-order valence-corrected chi connectivity index (χ2v) is 6.54. The molecular formula is C18H26N4O6. The minimum Gasteiger partial charge on any atom is -0.508 e. The summed E-state index contributed by atoms with van der Waals surface area (Å²) in [6.45, 7) is 2.54. The third-order valence-electron chi connectivity index (χ3n) is 3.89. The maximum atomic E-state index is 12.4. The number of benzene rings is 1. The van der Waals surface area contributed by atoms with Crippen molar-refractivity contribution in [3.8, 4) is 5.75 Å². The highest BCUT2D eigenvalue weighted by atomic mass is 16.4. The maximum Gasteiger partial charge on any atom is 0.326 e. The van der Waals surface area contributed by atoms with E-state index in [1.165, 1.54) is 12.1 Å². The van der Waals surface area contributed by atoms with Crippen molar-refractivity contribution in [3.63, 3.8) is 0 Å². The summed E-state index contributed by atoms with van der Waals surface area (Å²) in [6.07, 6.45) is 0.114. The van der Waals surface area contributed by atoms with E-state index in [0.717, 1.165) is 0 Å². The summed E-state index contributed by atoms with van der Waals surface area (Å²) in [5.41, 5.74) is 5.94. The molecule has 7 N–H and O–H groups in total. The highest BCUT2D eigenvalue weighted by Gasteiger charge is 2.25. The number of phenolic OH excluding ortho intramolecular Hbond substituents is 1. The first-order valence-electron chi connectivity index (χ1n) is 8.71. The molecule has 0 saturated carbocycles. The van der Waals surface area contributed by atoms with Gasteiger partial charge in [-0.2, -0.15) is 0 Å². The summed E-state index contributed by atoms with van der Waals surface area (Å²) in [5.74, 6) is -3.28. The highest BCUT2D eigenvalue weighted by Crippen LogP contribution is 2.11. The SMILES string of the molecule is CC(C)C(NC(=O)CNC(=O)C(Cc1ccc(O)cc1)NC(=O)CN)C(=O)O. The second-order valence-electron chi connectivity index (χ2n) is 6.54. The van der Waals surface area contributed by atoms with Gasteiger partial charge in [0.15, 0.2) is 0 Å². The van der Waals surface area contributed by atoms with Crippen LogP contribution in [0, 0.1) is 5.92 Å². The van der Waals surface area contributed by atoms with Gasteiger partial charge in [0.25, 0.3) is 0 Å². The van der Waals surface area contributed by atoms with Gasteiger partial charge in [-0.05, 0) is 23.6 Å². The third kappa shape index (κ3) is 7.62. The quantitative estimate of drug-likeness (QED) is 0.287. The number of carbonyl (C=O) groups is 4. The molecule has 1 aromatic rings. The van der Waals surface area contributed by atoms with Gasteiger partial charge in [-0.15, -0.1) is 0 Å². The highest BCUT2D eigenvalue weighted by molar-refractivity contribution is 5.92. The number of hydrogen-bond acceptors (Lipinski definition) is 6. The molecule has 0 spiro atoms. The molecule has 1 aromatic carbocycles. The summed E-state index contributed by atoms with van der Waals surface area (Å²) >= 11 is 0. The van der Waals surface area contributed by atoms with Crippen molar-refractivity contribution in [2.45, 2.75) is 32.4 Å². The Morgan fingerprint density at radius 3 is 2.14 bits per heavy atom. The standard InChI is InChI=1S/C18H26N4O6/c1-10(2)16(18(27)28)22-15(25)9-20-17(26)13(21-14(24)8-19)7-11-3-5-12(23)6-4-11/h3-6,10,13,16,23H,7-9,19H2,1-2H3,(H,20,26)(H,21,24)(H,22,25)(H,27,28). The van der Waals surface area contributed by atoms with E-state index in [1.54, 1.807) is 26.0 Å². The van der Waals surface area contributed by atoms with Crippen LogP contribution in [0.4, 0.5) is 0 Å². The maximum absolute atomic E-state index is 12.4. The molecule has 154 valence electrons. The number of carbonyl (C=O) groups excluding carboxylic acids is 3. The fourth-order valence-corrected chi connectivity index (χ4v) is 2.36. The molecule has 2 atom stereocenters. The summed E-state index contributed by atoms with van der Waals surface area (Å²) in [5, 5.41) is 25.6. The fraction of sp³-hybridized carbons (Fsp3) is 0.444. The van der Waals surface area contributed by atoms with Crippen molar-refractivity contribution in [2.24, 2.45) is 11.7 Å². The van der Waals surface area contributed by atoms with E-state index in [4.69, 9.17) is 10.8 Å². The average Bonchev–Trinajstić information content (AvgIpc) is 2.64. The molecule has 0 aliphatic rings. The van der Waals surface area contributed by atoms with Gasteiger partial charge in [-0.1, -0.05) is 26.0 Å². The summed E-state index contributed by atoms with van der Waals surface area (Å²) in [6, 6.07) is 4.01. The zero-order valence-corrected chi connectivity index (χ0v) is 15.8. The molecule has 1 rings (SSSR count). The first-order chi connectivity index (χ1) is 13.1.